The van der Waals surface area contributed by atoms with E-state index in [1.807, 2.05) is 303 Å². The molecule has 0 aliphatic carbocycles. The fourth-order valence-corrected chi connectivity index (χ4v) is 17.2. The lowest BCUT2D eigenvalue weighted by molar-refractivity contribution is 0.0464. The first-order chi connectivity index (χ1) is 62.3. The van der Waals surface area contributed by atoms with Crippen molar-refractivity contribution in [1.29, 1.82) is 0 Å². The molecule has 2 aliphatic heterocycles. The van der Waals surface area contributed by atoms with Gasteiger partial charge in [-0.15, -0.1) is 0 Å². The molecule has 0 bridgehead atoms. The number of fused-ring (bicyclic) bond motifs is 7. The molecule has 0 saturated carbocycles. The van der Waals surface area contributed by atoms with Crippen LogP contribution in [-0.4, -0.2) is 68.1 Å². The van der Waals surface area contributed by atoms with Gasteiger partial charge in [0.25, 0.3) is 6.71 Å². The summed E-state index contributed by atoms with van der Waals surface area (Å²) < 4.78 is 14.6. The molecule has 0 amide bonds. The normalized spacial score (nSPS) is 11.9. The first kappa shape index (κ1) is 75.2. The van der Waals surface area contributed by atoms with Crippen molar-refractivity contribution in [2.75, 3.05) is 9.80 Å². The zero-order valence-electron chi connectivity index (χ0n) is 67.7. The third-order valence-electron chi connectivity index (χ3n) is 23.2. The Balaban J connectivity index is 0.800. The second-order valence-corrected chi connectivity index (χ2v) is 31.0. The van der Waals surface area contributed by atoms with Gasteiger partial charge in [-0.2, -0.15) is 0 Å². The summed E-state index contributed by atoms with van der Waals surface area (Å²) in [6.07, 6.45) is 0. The van der Waals surface area contributed by atoms with E-state index >= 15 is 0 Å². The van der Waals surface area contributed by atoms with E-state index in [2.05, 4.69) is 117 Å². The van der Waals surface area contributed by atoms with Crippen molar-refractivity contribution in [2.45, 2.75) is 13.2 Å². The van der Waals surface area contributed by atoms with Gasteiger partial charge in [-0.05, 0) is 136 Å². The number of carbonyl (C=O) groups is 2. The maximum absolute atomic E-state index is 14.7. The van der Waals surface area contributed by atoms with Crippen molar-refractivity contribution in [3.8, 4) is 119 Å². The number of rotatable bonds is 19. The minimum Gasteiger partial charge on any atom is -0.457 e. The summed E-state index contributed by atoms with van der Waals surface area (Å²) in [5.74, 6) is 3.38. The zero-order valence-corrected chi connectivity index (χ0v) is 67.7. The van der Waals surface area contributed by atoms with Crippen LogP contribution < -0.4 is 26.2 Å². The van der Waals surface area contributed by atoms with Crippen LogP contribution in [0.5, 0.6) is 0 Å². The highest BCUT2D eigenvalue weighted by Gasteiger charge is 2.45. The van der Waals surface area contributed by atoms with Crippen molar-refractivity contribution < 1.29 is 19.1 Å². The van der Waals surface area contributed by atoms with E-state index in [-0.39, 0.29) is 13.2 Å². The Morgan fingerprint density at radius 3 is 0.968 bits per heavy atom. The number of aromatic nitrogens is 10. The quantitative estimate of drug-likeness (QED) is 0.0551. The summed E-state index contributed by atoms with van der Waals surface area (Å²) in [5.41, 5.74) is 21.7. The fraction of sp³-hybridized carbons (Fsp3) is 0.0183. The summed E-state index contributed by atoms with van der Waals surface area (Å²) >= 11 is 0. The SMILES string of the molecule is O=C(OCc1ccccc1)c1ccc2c(c1)N(c1ccccc1)c1cc(-c3ccc4c(c3)c3ccc(-c5nc(-c6ccccc6)nc(-c6ccccc6)n5)cc3n4-c3ccc(-c4nc(-c5ccccc5)nc(-c5ccccc5)n4)cc3-c3nc(-c4ccccc4)nc(-c4ccccc4)n3)cc3c1B2c1ccc(C(=O)OCc2ccccc2)cc1N3c1ccccc1. The van der Waals surface area contributed by atoms with E-state index in [1.165, 1.54) is 0 Å². The Bertz CT molecular complexity index is 7220. The molecule has 0 fully saturated rings. The van der Waals surface area contributed by atoms with Gasteiger partial charge in [-0.3, -0.25) is 0 Å². The smallest absolute Gasteiger partial charge is 0.338 e. The standard InChI is InChI=1S/C109H71BN12O4/c123-108(125-68-70-31-11-1-12-32-70)81-52-57-89-94(64-81)120(84-47-27-9-28-48-84)96-66-83(67-97-98(96)110(89)90-58-53-82(109(124)126-69-71-33-13-2-14-34-71)65-95(90)121(97)85-49-29-10-30-50-85)78-54-59-91-87(61-78)86-56-51-80(106-116-101(74-39-19-5-20-40-74)112-102(117-106)75-41-21-6-22-42-75)63-93(86)122(91)92-60-55-79(105-114-99(72-35-15-3-16-36-72)111-100(115-105)73-37-17-4-18-38-73)62-88(92)107-118-103(76-43-23-7-24-44-76)113-104(119-107)77-45-25-8-26-46-77/h1-67H,68-69H2. The minimum absolute atomic E-state index is 0.0940. The molecule has 0 radical (unpaired) electrons. The molecular weight excluding hydrogens is 1550 g/mol. The second-order valence-electron chi connectivity index (χ2n) is 31.0. The molecule has 22 rings (SSSR count). The number of carbonyl (C=O) groups excluding carboxylic acids is 2. The van der Waals surface area contributed by atoms with Crippen LogP contribution in [-0.2, 0) is 22.7 Å². The Morgan fingerprint density at radius 1 is 0.246 bits per heavy atom. The van der Waals surface area contributed by atoms with Gasteiger partial charge in [0.1, 0.15) is 13.2 Å². The van der Waals surface area contributed by atoms with Crippen molar-refractivity contribution in [1.82, 2.24) is 49.4 Å². The predicted molar refractivity (Wildman–Crippen MR) is 500 cm³/mol. The zero-order chi connectivity index (χ0) is 84.0. The van der Waals surface area contributed by atoms with E-state index in [0.717, 1.165) is 139 Å². The molecule has 4 aromatic heterocycles. The van der Waals surface area contributed by atoms with E-state index < -0.39 is 18.7 Å². The molecule has 0 atom stereocenters. The van der Waals surface area contributed by atoms with Crippen LogP contribution in [0.3, 0.4) is 0 Å². The molecule has 0 N–H and O–H groups in total. The number of hydrogen-bond acceptors (Lipinski definition) is 15. The highest BCUT2D eigenvalue weighted by atomic mass is 16.5. The van der Waals surface area contributed by atoms with Crippen LogP contribution in [0.25, 0.3) is 141 Å². The molecule has 0 unspecified atom stereocenters. The highest BCUT2D eigenvalue weighted by Crippen LogP contribution is 2.49. The van der Waals surface area contributed by atoms with Crippen LogP contribution in [0.4, 0.5) is 34.1 Å². The highest BCUT2D eigenvalue weighted by molar-refractivity contribution is 7.00. The van der Waals surface area contributed by atoms with Gasteiger partial charge in [-0.1, -0.05) is 309 Å². The summed E-state index contributed by atoms with van der Waals surface area (Å²) in [5, 5.41) is 1.82. The third-order valence-corrected chi connectivity index (χ3v) is 23.2. The molecule has 17 heteroatoms. The molecule has 16 aromatic carbocycles. The predicted octanol–water partition coefficient (Wildman–Crippen LogP) is 22.8. The van der Waals surface area contributed by atoms with Crippen LogP contribution in [0.15, 0.2) is 406 Å². The van der Waals surface area contributed by atoms with E-state index in [1.54, 1.807) is 0 Å². The first-order valence-corrected chi connectivity index (χ1v) is 41.7. The lowest BCUT2D eigenvalue weighted by Gasteiger charge is -2.44. The van der Waals surface area contributed by atoms with Crippen LogP contribution in [0, 0.1) is 0 Å². The largest absolute Gasteiger partial charge is 0.457 e. The Morgan fingerprint density at radius 2 is 0.579 bits per heavy atom. The molecule has 20 aromatic rings. The van der Waals surface area contributed by atoms with Crippen LogP contribution >= 0.6 is 0 Å². The Kier molecular flexibility index (Phi) is 19.4. The molecule has 2 aliphatic rings. The van der Waals surface area contributed by atoms with Crippen LogP contribution in [0.2, 0.25) is 0 Å². The Hall–Kier alpha value is -17.0. The van der Waals surface area contributed by atoms with E-state index in [0.29, 0.717) is 74.7 Å². The van der Waals surface area contributed by atoms with Gasteiger partial charge in [0.15, 0.2) is 52.4 Å². The van der Waals surface area contributed by atoms with Gasteiger partial charge in [0.2, 0.25) is 0 Å². The number of esters is 2. The molecule has 594 valence electrons. The van der Waals surface area contributed by atoms with Gasteiger partial charge in [0, 0.05) is 95.0 Å². The lowest BCUT2D eigenvalue weighted by atomic mass is 9.33. The number of hydrogen-bond donors (Lipinski definition) is 0. The molecule has 0 saturated heterocycles. The third kappa shape index (κ3) is 14.3. The van der Waals surface area contributed by atoms with Crippen LogP contribution in [0.1, 0.15) is 31.8 Å². The van der Waals surface area contributed by atoms with Crippen molar-refractivity contribution >= 4 is 91.0 Å². The number of nitrogens with zero attached hydrogens (tertiary/aromatic N) is 12. The fourth-order valence-electron chi connectivity index (χ4n) is 17.2. The summed E-state index contributed by atoms with van der Waals surface area (Å²) in [4.78, 5) is 81.9. The summed E-state index contributed by atoms with van der Waals surface area (Å²) in [6.45, 7) is -0.239. The van der Waals surface area contributed by atoms with Crippen molar-refractivity contribution in [3.05, 3.63) is 429 Å². The van der Waals surface area contributed by atoms with E-state index in [4.69, 9.17) is 54.3 Å². The summed E-state index contributed by atoms with van der Waals surface area (Å²) in [6, 6.07) is 136. The average molecular weight is 1620 g/mol. The summed E-state index contributed by atoms with van der Waals surface area (Å²) in [7, 11) is 0. The second kappa shape index (κ2) is 32.5. The van der Waals surface area contributed by atoms with Gasteiger partial charge in [0.05, 0.1) is 27.8 Å². The lowest BCUT2D eigenvalue weighted by Crippen LogP contribution is -2.61. The Labute approximate surface area is 726 Å². The van der Waals surface area contributed by atoms with Crippen molar-refractivity contribution in [2.24, 2.45) is 0 Å². The van der Waals surface area contributed by atoms with E-state index in [9.17, 15) is 9.59 Å². The maximum Gasteiger partial charge on any atom is 0.338 e. The molecule has 6 heterocycles. The molecule has 0 spiro atoms. The minimum atomic E-state index is -0.461. The molecule has 16 nitrogen and oxygen atoms in total. The first-order valence-electron chi connectivity index (χ1n) is 41.7. The van der Waals surface area contributed by atoms with Gasteiger partial charge in [-0.25, -0.2) is 54.4 Å². The number of anilines is 6. The number of benzene rings is 16. The van der Waals surface area contributed by atoms with Crippen molar-refractivity contribution in [3.63, 3.8) is 0 Å². The maximum atomic E-state index is 14.7. The molecular formula is C109H71BN12O4. The number of ether oxygens (including phenoxy) is 2. The topological polar surface area (TPSA) is 180 Å². The average Bonchev–Trinajstić information content (AvgIpc) is 0.777. The monoisotopic (exact) mass is 1620 g/mol. The van der Waals surface area contributed by atoms with Gasteiger partial charge < -0.3 is 23.8 Å². The number of para-hydroxylation sites is 2. The molecule has 126 heavy (non-hydrogen) atoms. The van der Waals surface area contributed by atoms with Gasteiger partial charge >= 0.3 is 11.9 Å².